The Hall–Kier alpha value is -3.39. The first-order valence-electron chi connectivity index (χ1n) is 12.0. The Balaban J connectivity index is 1.37. The number of hydrogen-bond donors (Lipinski definition) is 2. The highest BCUT2D eigenvalue weighted by Crippen LogP contribution is 2.44. The molecule has 0 spiro atoms. The van der Waals surface area contributed by atoms with E-state index in [2.05, 4.69) is 29.6 Å². The second-order valence-corrected chi connectivity index (χ2v) is 9.58. The van der Waals surface area contributed by atoms with Crippen molar-refractivity contribution in [2.75, 3.05) is 26.9 Å². The number of carbonyl (C=O) groups excluding carboxylic acids is 2. The van der Waals surface area contributed by atoms with Gasteiger partial charge in [0.05, 0.1) is 19.3 Å². The van der Waals surface area contributed by atoms with Gasteiger partial charge in [-0.15, -0.1) is 0 Å². The van der Waals surface area contributed by atoms with Gasteiger partial charge in [-0.1, -0.05) is 62.4 Å². The Bertz CT molecular complexity index is 1060. The van der Waals surface area contributed by atoms with Crippen LogP contribution in [-0.2, 0) is 19.1 Å². The molecule has 0 saturated carbocycles. The van der Waals surface area contributed by atoms with Gasteiger partial charge in [0.25, 0.3) is 0 Å². The molecule has 0 bridgehead atoms. The zero-order valence-corrected chi connectivity index (χ0v) is 20.3. The van der Waals surface area contributed by atoms with Crippen molar-refractivity contribution in [3.63, 3.8) is 0 Å². The molecule has 0 aromatic heterocycles. The molecular formula is C27H32N2O6. The number of aliphatic carboxylic acids is 1. The Morgan fingerprint density at radius 1 is 1.06 bits per heavy atom. The van der Waals surface area contributed by atoms with Crippen LogP contribution in [-0.4, -0.2) is 66.9 Å². The zero-order valence-electron chi connectivity index (χ0n) is 20.3. The lowest BCUT2D eigenvalue weighted by Gasteiger charge is -2.29. The van der Waals surface area contributed by atoms with Gasteiger partial charge in [0.15, 0.2) is 0 Å². The number of nitrogens with one attached hydrogen (secondary N) is 1. The Morgan fingerprint density at radius 3 is 2.23 bits per heavy atom. The molecule has 2 aliphatic rings. The number of alkyl carbamates (subject to hydrolysis) is 1. The van der Waals surface area contributed by atoms with Gasteiger partial charge in [-0.25, -0.2) is 4.79 Å². The molecule has 1 fully saturated rings. The van der Waals surface area contributed by atoms with Crippen molar-refractivity contribution >= 4 is 18.0 Å². The Labute approximate surface area is 205 Å². The lowest BCUT2D eigenvalue weighted by Crippen LogP contribution is -2.48. The number of carbonyl (C=O) groups is 3. The average Bonchev–Trinajstić information content (AvgIpc) is 3.45. The molecular weight excluding hydrogens is 448 g/mol. The van der Waals surface area contributed by atoms with Crippen LogP contribution < -0.4 is 5.32 Å². The molecule has 0 radical (unpaired) electrons. The van der Waals surface area contributed by atoms with Crippen molar-refractivity contribution < 1.29 is 29.0 Å². The zero-order chi connectivity index (χ0) is 25.1. The molecule has 2 N–H and O–H groups in total. The normalized spacial score (nSPS) is 19.7. The largest absolute Gasteiger partial charge is 0.481 e. The fourth-order valence-corrected chi connectivity index (χ4v) is 4.92. The molecule has 1 heterocycles. The van der Waals surface area contributed by atoms with Crippen molar-refractivity contribution in [3.05, 3.63) is 59.7 Å². The van der Waals surface area contributed by atoms with Crippen LogP contribution in [0.4, 0.5) is 4.79 Å². The topological polar surface area (TPSA) is 105 Å². The molecule has 2 amide bonds. The van der Waals surface area contributed by atoms with Gasteiger partial charge < -0.3 is 24.8 Å². The molecule has 1 aliphatic carbocycles. The van der Waals surface area contributed by atoms with Crippen LogP contribution in [0.2, 0.25) is 0 Å². The van der Waals surface area contributed by atoms with Crippen LogP contribution >= 0.6 is 0 Å². The smallest absolute Gasteiger partial charge is 0.407 e. The predicted molar refractivity (Wildman–Crippen MR) is 130 cm³/mol. The maximum atomic E-state index is 12.9. The summed E-state index contributed by atoms with van der Waals surface area (Å²) in [4.78, 5) is 38.5. The van der Waals surface area contributed by atoms with E-state index in [1.165, 1.54) is 4.90 Å². The Morgan fingerprint density at radius 2 is 1.66 bits per heavy atom. The van der Waals surface area contributed by atoms with Gasteiger partial charge in [-0.2, -0.15) is 0 Å². The maximum Gasteiger partial charge on any atom is 0.407 e. The monoisotopic (exact) mass is 480 g/mol. The van der Waals surface area contributed by atoms with Crippen molar-refractivity contribution in [1.82, 2.24) is 10.2 Å². The first-order chi connectivity index (χ1) is 16.8. The number of carboxylic acids is 1. The van der Waals surface area contributed by atoms with E-state index in [1.807, 2.05) is 38.1 Å². The summed E-state index contributed by atoms with van der Waals surface area (Å²) in [6.45, 7) is 4.30. The molecule has 3 atom stereocenters. The van der Waals surface area contributed by atoms with Gasteiger partial charge in [0, 0.05) is 25.4 Å². The van der Waals surface area contributed by atoms with Gasteiger partial charge in [0.2, 0.25) is 5.91 Å². The van der Waals surface area contributed by atoms with E-state index in [1.54, 1.807) is 7.05 Å². The molecule has 186 valence electrons. The number of fused-ring (bicyclic) bond motifs is 3. The minimum Gasteiger partial charge on any atom is -0.481 e. The first-order valence-corrected chi connectivity index (χ1v) is 12.0. The van der Waals surface area contributed by atoms with Crippen molar-refractivity contribution in [3.8, 4) is 11.1 Å². The molecule has 2 aromatic carbocycles. The average molecular weight is 481 g/mol. The van der Waals surface area contributed by atoms with Crippen LogP contribution in [0.3, 0.4) is 0 Å². The van der Waals surface area contributed by atoms with E-state index in [0.29, 0.717) is 0 Å². The van der Waals surface area contributed by atoms with Crippen LogP contribution in [0.1, 0.15) is 37.3 Å². The molecule has 8 nitrogen and oxygen atoms in total. The maximum absolute atomic E-state index is 12.9. The van der Waals surface area contributed by atoms with Gasteiger partial charge in [-0.05, 0) is 28.2 Å². The fraction of sp³-hybridized carbons (Fsp3) is 0.444. The van der Waals surface area contributed by atoms with Crippen molar-refractivity contribution in [2.24, 2.45) is 11.8 Å². The van der Waals surface area contributed by atoms with E-state index in [4.69, 9.17) is 9.47 Å². The summed E-state index contributed by atoms with van der Waals surface area (Å²) in [5, 5.41) is 12.2. The van der Waals surface area contributed by atoms with Crippen molar-refractivity contribution in [1.29, 1.82) is 0 Å². The minimum atomic E-state index is -0.982. The lowest BCUT2D eigenvalue weighted by atomic mass is 9.98. The number of benzene rings is 2. The van der Waals surface area contributed by atoms with E-state index >= 15 is 0 Å². The molecule has 35 heavy (non-hydrogen) atoms. The number of nitrogens with zero attached hydrogens (tertiary/aromatic N) is 1. The molecule has 2 aromatic rings. The summed E-state index contributed by atoms with van der Waals surface area (Å²) in [5.74, 6) is -2.05. The number of likely N-dealkylation sites (N-methyl/N-ethyl adjacent to an activating group) is 1. The van der Waals surface area contributed by atoms with Gasteiger partial charge in [0.1, 0.15) is 12.5 Å². The number of rotatable bonds is 8. The first kappa shape index (κ1) is 24.7. The minimum absolute atomic E-state index is 0.0251. The number of carboxylic acid groups (broad SMARTS) is 1. The van der Waals surface area contributed by atoms with E-state index in [0.717, 1.165) is 22.3 Å². The quantitative estimate of drug-likeness (QED) is 0.599. The van der Waals surface area contributed by atoms with Gasteiger partial charge in [-0.3, -0.25) is 9.59 Å². The number of hydrogen-bond acceptors (Lipinski definition) is 5. The summed E-state index contributed by atoms with van der Waals surface area (Å²) in [5.41, 5.74) is 4.57. The molecule has 2 unspecified atom stereocenters. The summed E-state index contributed by atoms with van der Waals surface area (Å²) in [6.07, 6.45) is -0.532. The van der Waals surface area contributed by atoms with E-state index in [-0.39, 0.29) is 44.0 Å². The highest BCUT2D eigenvalue weighted by molar-refractivity contribution is 5.80. The summed E-state index contributed by atoms with van der Waals surface area (Å²) >= 11 is 0. The van der Waals surface area contributed by atoms with Crippen LogP contribution in [0.5, 0.6) is 0 Å². The SMILES string of the molecule is CC(C)[C@@H](CC(=O)N(C)C1COCC1C(=O)O)NC(=O)OCC1c2ccccc2-c2ccccc21. The number of ether oxygens (including phenoxy) is 2. The van der Waals surface area contributed by atoms with Crippen LogP contribution in [0, 0.1) is 11.8 Å². The summed E-state index contributed by atoms with van der Waals surface area (Å²) < 4.78 is 10.9. The standard InChI is InChI=1S/C27H32N2O6/c1-16(2)23(12-25(30)29(3)24-15-34-13-22(24)26(31)32)28-27(33)35-14-21-19-10-6-4-8-17(19)18-9-5-7-11-20(18)21/h4-11,16,21-24H,12-15H2,1-3H3,(H,28,33)(H,31,32)/t22?,23-,24?/m1/s1. The molecule has 8 heteroatoms. The lowest BCUT2D eigenvalue weighted by molar-refractivity contribution is -0.144. The third kappa shape index (κ3) is 5.17. The molecule has 1 aliphatic heterocycles. The highest BCUT2D eigenvalue weighted by Gasteiger charge is 2.39. The number of amides is 2. The second kappa shape index (κ2) is 10.5. The third-order valence-electron chi connectivity index (χ3n) is 7.10. The van der Waals surface area contributed by atoms with Crippen LogP contribution in [0.25, 0.3) is 11.1 Å². The third-order valence-corrected chi connectivity index (χ3v) is 7.10. The highest BCUT2D eigenvalue weighted by atomic mass is 16.5. The summed E-state index contributed by atoms with van der Waals surface area (Å²) in [6, 6.07) is 15.3. The van der Waals surface area contributed by atoms with Crippen molar-refractivity contribution in [2.45, 2.75) is 38.3 Å². The van der Waals surface area contributed by atoms with Gasteiger partial charge >= 0.3 is 12.1 Å². The van der Waals surface area contributed by atoms with E-state index < -0.39 is 30.1 Å². The van der Waals surface area contributed by atoms with Crippen LogP contribution in [0.15, 0.2) is 48.5 Å². The molecule has 4 rings (SSSR count). The predicted octanol–water partition coefficient (Wildman–Crippen LogP) is 3.50. The molecule has 1 saturated heterocycles. The Kier molecular flexibility index (Phi) is 7.40. The fourth-order valence-electron chi connectivity index (χ4n) is 4.92. The van der Waals surface area contributed by atoms with E-state index in [9.17, 15) is 19.5 Å². The second-order valence-electron chi connectivity index (χ2n) is 9.58. The summed E-state index contributed by atoms with van der Waals surface area (Å²) in [7, 11) is 1.59.